The molecule has 0 radical (unpaired) electrons. The molecule has 0 spiro atoms. The molecule has 0 atom stereocenters. The first-order chi connectivity index (χ1) is 9.72. The number of pyridine rings is 1. The lowest BCUT2D eigenvalue weighted by atomic mass is 10.2. The molecule has 2 rings (SSSR count). The molecule has 1 aromatic heterocycles. The third-order valence-electron chi connectivity index (χ3n) is 2.91. The molecule has 5 heteroatoms. The Hall–Kier alpha value is -1.91. The number of nitrogens with zero attached hydrogens (tertiary/aromatic N) is 2. The summed E-state index contributed by atoms with van der Waals surface area (Å²) in [6, 6.07) is 11.4. The summed E-state index contributed by atoms with van der Waals surface area (Å²) < 4.78 is 0. The summed E-state index contributed by atoms with van der Waals surface area (Å²) in [4.78, 5) is 18.1. The van der Waals surface area contributed by atoms with Gasteiger partial charge in [-0.3, -0.25) is 9.78 Å². The van der Waals surface area contributed by atoms with Gasteiger partial charge in [0, 0.05) is 32.0 Å². The van der Waals surface area contributed by atoms with Crippen LogP contribution in [0.4, 0.5) is 0 Å². The summed E-state index contributed by atoms with van der Waals surface area (Å²) in [5.74, 6) is -0.133. The van der Waals surface area contributed by atoms with Crippen LogP contribution in [0.5, 0.6) is 0 Å². The first-order valence-corrected chi connectivity index (χ1v) is 6.73. The van der Waals surface area contributed by atoms with E-state index in [1.807, 2.05) is 30.3 Å². The summed E-state index contributed by atoms with van der Waals surface area (Å²) in [6.45, 7) is 1.39. The number of carbonyl (C=O) groups is 1. The lowest BCUT2D eigenvalue weighted by Crippen LogP contribution is -2.35. The fourth-order valence-electron chi connectivity index (χ4n) is 1.93. The van der Waals surface area contributed by atoms with E-state index in [1.165, 1.54) is 6.20 Å². The average Bonchev–Trinajstić information content (AvgIpc) is 2.48. The first kappa shape index (κ1) is 14.5. The lowest BCUT2D eigenvalue weighted by Gasteiger charge is -2.22. The Balaban J connectivity index is 2.20. The van der Waals surface area contributed by atoms with E-state index in [0.717, 1.165) is 5.56 Å². The highest BCUT2D eigenvalue weighted by atomic mass is 35.5. The van der Waals surface area contributed by atoms with Crippen LogP contribution in [-0.2, 0) is 6.54 Å². The molecule has 1 heterocycles. The van der Waals surface area contributed by atoms with Crippen molar-refractivity contribution in [3.05, 3.63) is 64.9 Å². The van der Waals surface area contributed by atoms with E-state index in [9.17, 15) is 4.79 Å². The van der Waals surface area contributed by atoms with Gasteiger partial charge in [0.1, 0.15) is 0 Å². The van der Waals surface area contributed by atoms with Crippen LogP contribution in [-0.4, -0.2) is 28.9 Å². The molecule has 104 valence electrons. The van der Waals surface area contributed by atoms with Crippen LogP contribution in [0.15, 0.2) is 48.8 Å². The molecule has 20 heavy (non-hydrogen) atoms. The lowest BCUT2D eigenvalue weighted by molar-refractivity contribution is 0.0748. The number of benzene rings is 1. The van der Waals surface area contributed by atoms with Crippen LogP contribution in [0.2, 0.25) is 5.02 Å². The van der Waals surface area contributed by atoms with Crippen molar-refractivity contribution in [2.24, 2.45) is 5.73 Å². The molecule has 2 N–H and O–H groups in total. The molecule has 4 nitrogen and oxygen atoms in total. The van der Waals surface area contributed by atoms with Crippen molar-refractivity contribution < 1.29 is 4.79 Å². The number of nitrogens with two attached hydrogens (primary N) is 1. The maximum Gasteiger partial charge on any atom is 0.255 e. The van der Waals surface area contributed by atoms with Gasteiger partial charge in [-0.1, -0.05) is 41.9 Å². The van der Waals surface area contributed by atoms with Gasteiger partial charge >= 0.3 is 0 Å². The molecular weight excluding hydrogens is 274 g/mol. The normalized spacial score (nSPS) is 10.3. The van der Waals surface area contributed by atoms with Crippen LogP contribution >= 0.6 is 11.6 Å². The SMILES string of the molecule is NCCN(Cc1ccccc1)C(=O)c1ccncc1Cl. The standard InChI is InChI=1S/C15H16ClN3O/c16-14-10-18-8-6-13(14)15(20)19(9-7-17)11-12-4-2-1-3-5-12/h1-6,8,10H,7,9,11,17H2. The summed E-state index contributed by atoms with van der Waals surface area (Å²) in [7, 11) is 0. The van der Waals surface area contributed by atoms with Crippen molar-refractivity contribution in [3.63, 3.8) is 0 Å². The molecule has 0 aliphatic carbocycles. The molecule has 1 amide bonds. The molecule has 2 aromatic rings. The zero-order valence-corrected chi connectivity index (χ0v) is 11.8. The number of carbonyl (C=O) groups excluding carboxylic acids is 1. The maximum absolute atomic E-state index is 12.5. The van der Waals surface area contributed by atoms with Crippen molar-refractivity contribution in [2.45, 2.75) is 6.54 Å². The Morgan fingerprint density at radius 1 is 1.25 bits per heavy atom. The van der Waals surface area contributed by atoms with Crippen molar-refractivity contribution >= 4 is 17.5 Å². The number of amides is 1. The van der Waals surface area contributed by atoms with Crippen molar-refractivity contribution in [2.75, 3.05) is 13.1 Å². The number of rotatable bonds is 5. The smallest absolute Gasteiger partial charge is 0.255 e. The van der Waals surface area contributed by atoms with Gasteiger partial charge in [0.2, 0.25) is 0 Å². The summed E-state index contributed by atoms with van der Waals surface area (Å²) >= 11 is 6.03. The summed E-state index contributed by atoms with van der Waals surface area (Å²) in [5.41, 5.74) is 7.10. The average molecular weight is 290 g/mol. The predicted molar refractivity (Wildman–Crippen MR) is 79.5 cm³/mol. The van der Waals surface area contributed by atoms with E-state index in [0.29, 0.717) is 30.2 Å². The fourth-order valence-corrected chi connectivity index (χ4v) is 2.13. The van der Waals surface area contributed by atoms with Crippen LogP contribution in [0, 0.1) is 0 Å². The summed E-state index contributed by atoms with van der Waals surface area (Å²) in [6.07, 6.45) is 3.03. The van der Waals surface area contributed by atoms with Crippen LogP contribution in [0.1, 0.15) is 15.9 Å². The largest absolute Gasteiger partial charge is 0.333 e. The van der Waals surface area contributed by atoms with Crippen LogP contribution in [0.3, 0.4) is 0 Å². The Kier molecular flexibility index (Phi) is 5.09. The molecule has 0 saturated heterocycles. The summed E-state index contributed by atoms with van der Waals surface area (Å²) in [5, 5.41) is 0.354. The second kappa shape index (κ2) is 7.03. The second-order valence-corrected chi connectivity index (χ2v) is 4.76. The molecule has 0 aliphatic rings. The van der Waals surface area contributed by atoms with E-state index in [2.05, 4.69) is 4.98 Å². The fraction of sp³-hybridized carbons (Fsp3) is 0.200. The van der Waals surface area contributed by atoms with Gasteiger partial charge in [-0.05, 0) is 11.6 Å². The number of hydrogen-bond donors (Lipinski definition) is 1. The second-order valence-electron chi connectivity index (χ2n) is 4.36. The number of halogens is 1. The number of hydrogen-bond acceptors (Lipinski definition) is 3. The minimum Gasteiger partial charge on any atom is -0.333 e. The van der Waals surface area contributed by atoms with E-state index >= 15 is 0 Å². The Morgan fingerprint density at radius 2 is 2.00 bits per heavy atom. The Morgan fingerprint density at radius 3 is 2.65 bits per heavy atom. The van der Waals surface area contributed by atoms with E-state index in [4.69, 9.17) is 17.3 Å². The van der Waals surface area contributed by atoms with Crippen LogP contribution < -0.4 is 5.73 Å². The maximum atomic E-state index is 12.5. The van der Waals surface area contributed by atoms with Crippen LogP contribution in [0.25, 0.3) is 0 Å². The topological polar surface area (TPSA) is 59.2 Å². The first-order valence-electron chi connectivity index (χ1n) is 6.35. The van der Waals surface area contributed by atoms with Gasteiger partial charge < -0.3 is 10.6 Å². The Labute approximate surface area is 123 Å². The van der Waals surface area contributed by atoms with Crippen molar-refractivity contribution in [1.29, 1.82) is 0 Å². The molecule has 0 aliphatic heterocycles. The van der Waals surface area contributed by atoms with Gasteiger partial charge in [-0.15, -0.1) is 0 Å². The molecule has 0 unspecified atom stereocenters. The van der Waals surface area contributed by atoms with Crippen molar-refractivity contribution in [1.82, 2.24) is 9.88 Å². The zero-order chi connectivity index (χ0) is 14.4. The third-order valence-corrected chi connectivity index (χ3v) is 3.21. The highest BCUT2D eigenvalue weighted by Gasteiger charge is 2.18. The molecule has 1 aromatic carbocycles. The van der Waals surface area contributed by atoms with E-state index in [-0.39, 0.29) is 5.91 Å². The van der Waals surface area contributed by atoms with Crippen molar-refractivity contribution in [3.8, 4) is 0 Å². The van der Waals surface area contributed by atoms with Gasteiger partial charge in [0.15, 0.2) is 0 Å². The van der Waals surface area contributed by atoms with E-state index in [1.54, 1.807) is 17.2 Å². The van der Waals surface area contributed by atoms with Gasteiger partial charge in [-0.2, -0.15) is 0 Å². The Bertz CT molecular complexity index is 574. The minimum absolute atomic E-state index is 0.133. The van der Waals surface area contributed by atoms with Gasteiger partial charge in [-0.25, -0.2) is 0 Å². The van der Waals surface area contributed by atoms with Gasteiger partial charge in [0.25, 0.3) is 5.91 Å². The zero-order valence-electron chi connectivity index (χ0n) is 11.0. The molecule has 0 fully saturated rings. The highest BCUT2D eigenvalue weighted by molar-refractivity contribution is 6.33. The minimum atomic E-state index is -0.133. The van der Waals surface area contributed by atoms with E-state index < -0.39 is 0 Å². The monoisotopic (exact) mass is 289 g/mol. The molecule has 0 saturated carbocycles. The molecule has 0 bridgehead atoms. The molecular formula is C15H16ClN3O. The number of aromatic nitrogens is 1. The quantitative estimate of drug-likeness (QED) is 0.919. The predicted octanol–water partition coefficient (Wildman–Crippen LogP) is 2.34. The third kappa shape index (κ3) is 3.56. The highest BCUT2D eigenvalue weighted by Crippen LogP contribution is 2.17. The van der Waals surface area contributed by atoms with Gasteiger partial charge in [0.05, 0.1) is 10.6 Å².